The van der Waals surface area contributed by atoms with Crippen LogP contribution in [0, 0.1) is 13.8 Å². The Hall–Kier alpha value is -1.40. The molecule has 1 aliphatic heterocycles. The molecule has 1 atom stereocenters. The van der Waals surface area contributed by atoms with Crippen molar-refractivity contribution in [3.05, 3.63) is 29.3 Å². The summed E-state index contributed by atoms with van der Waals surface area (Å²) in [5.74, 6) is 0. The van der Waals surface area contributed by atoms with E-state index in [1.807, 2.05) is 26.8 Å². The maximum absolute atomic E-state index is 12.1. The molecule has 0 saturated heterocycles. The third-order valence-corrected chi connectivity index (χ3v) is 4.59. The number of benzene rings is 1. The molecule has 0 radical (unpaired) electrons. The van der Waals surface area contributed by atoms with E-state index < -0.39 is 10.0 Å². The molecule has 6 heteroatoms. The third kappa shape index (κ3) is 3.33. The summed E-state index contributed by atoms with van der Waals surface area (Å²) >= 11 is 0. The van der Waals surface area contributed by atoms with E-state index in [0.29, 0.717) is 6.42 Å². The number of aryl methyl sites for hydroxylation is 2. The smallest absolute Gasteiger partial charge is 0.240 e. The summed E-state index contributed by atoms with van der Waals surface area (Å²) in [5.41, 5.74) is 2.91. The molecule has 1 aromatic rings. The van der Waals surface area contributed by atoms with Crippen molar-refractivity contribution in [2.45, 2.75) is 38.2 Å². The quantitative estimate of drug-likeness (QED) is 0.914. The van der Waals surface area contributed by atoms with Crippen LogP contribution in [0.4, 0.5) is 0 Å². The van der Waals surface area contributed by atoms with Crippen molar-refractivity contribution in [2.24, 2.45) is 5.16 Å². The van der Waals surface area contributed by atoms with Gasteiger partial charge in [-0.2, -0.15) is 0 Å². The van der Waals surface area contributed by atoms with Gasteiger partial charge in [-0.25, -0.2) is 13.1 Å². The Kier molecular flexibility index (Phi) is 3.91. The van der Waals surface area contributed by atoms with E-state index in [1.165, 1.54) is 0 Å². The van der Waals surface area contributed by atoms with Crippen molar-refractivity contribution < 1.29 is 13.3 Å². The van der Waals surface area contributed by atoms with Gasteiger partial charge in [0.1, 0.15) is 6.10 Å². The summed E-state index contributed by atoms with van der Waals surface area (Å²) in [5, 5.41) is 3.80. The van der Waals surface area contributed by atoms with Gasteiger partial charge in [-0.1, -0.05) is 11.2 Å². The Bertz CT molecular complexity index is 608. The van der Waals surface area contributed by atoms with Crippen LogP contribution in [0.2, 0.25) is 0 Å². The van der Waals surface area contributed by atoms with Crippen LogP contribution < -0.4 is 4.72 Å². The molecular weight excluding hydrogens is 264 g/mol. The van der Waals surface area contributed by atoms with Crippen LogP contribution >= 0.6 is 0 Å². The Balaban J connectivity index is 2.04. The number of hydrogen-bond donors (Lipinski definition) is 1. The fourth-order valence-corrected chi connectivity index (χ4v) is 3.00. The van der Waals surface area contributed by atoms with Gasteiger partial charge in [-0.15, -0.1) is 0 Å². The number of rotatable bonds is 4. The van der Waals surface area contributed by atoms with Gasteiger partial charge >= 0.3 is 0 Å². The fraction of sp³-hybridized carbons (Fsp3) is 0.462. The van der Waals surface area contributed by atoms with Crippen LogP contribution in [0.5, 0.6) is 0 Å². The second-order valence-corrected chi connectivity index (χ2v) is 6.62. The van der Waals surface area contributed by atoms with Gasteiger partial charge in [0, 0.05) is 6.42 Å². The first kappa shape index (κ1) is 14.0. The SMILES string of the molecule is CC1=NOC(CNS(=O)(=O)c2ccc(C)c(C)c2)C1. The second kappa shape index (κ2) is 5.30. The van der Waals surface area contributed by atoms with E-state index in [4.69, 9.17) is 4.84 Å². The number of hydrogen-bond acceptors (Lipinski definition) is 4. The topological polar surface area (TPSA) is 67.8 Å². The molecule has 2 rings (SSSR count). The lowest BCUT2D eigenvalue weighted by Gasteiger charge is -2.11. The average molecular weight is 282 g/mol. The summed E-state index contributed by atoms with van der Waals surface area (Å²) in [4.78, 5) is 5.38. The van der Waals surface area contributed by atoms with E-state index in [9.17, 15) is 8.42 Å². The molecule has 0 aliphatic carbocycles. The zero-order chi connectivity index (χ0) is 14.0. The Morgan fingerprint density at radius 2 is 2.05 bits per heavy atom. The Labute approximate surface area is 113 Å². The first-order valence-corrected chi connectivity index (χ1v) is 7.63. The van der Waals surface area contributed by atoms with Crippen LogP contribution in [-0.4, -0.2) is 26.8 Å². The zero-order valence-electron chi connectivity index (χ0n) is 11.3. The molecule has 0 bridgehead atoms. The maximum atomic E-state index is 12.1. The molecule has 1 heterocycles. The van der Waals surface area contributed by atoms with Crippen LogP contribution in [0.3, 0.4) is 0 Å². The summed E-state index contributed by atoms with van der Waals surface area (Å²) in [6, 6.07) is 5.10. The van der Waals surface area contributed by atoms with Crippen LogP contribution in [0.25, 0.3) is 0 Å². The minimum absolute atomic E-state index is 0.207. The van der Waals surface area contributed by atoms with E-state index in [-0.39, 0.29) is 17.5 Å². The van der Waals surface area contributed by atoms with Gasteiger partial charge in [-0.05, 0) is 44.0 Å². The molecular formula is C13H18N2O3S. The average Bonchev–Trinajstić information content (AvgIpc) is 2.76. The van der Waals surface area contributed by atoms with Gasteiger partial charge in [-0.3, -0.25) is 0 Å². The molecule has 0 amide bonds. The van der Waals surface area contributed by atoms with Crippen LogP contribution in [-0.2, 0) is 14.9 Å². The number of nitrogens with zero attached hydrogens (tertiary/aromatic N) is 1. The van der Waals surface area contributed by atoms with Crippen molar-refractivity contribution in [1.82, 2.24) is 4.72 Å². The normalized spacial score (nSPS) is 19.1. The highest BCUT2D eigenvalue weighted by Gasteiger charge is 2.22. The predicted molar refractivity (Wildman–Crippen MR) is 73.7 cm³/mol. The van der Waals surface area contributed by atoms with Crippen LogP contribution in [0.15, 0.2) is 28.3 Å². The first-order valence-electron chi connectivity index (χ1n) is 6.15. The zero-order valence-corrected chi connectivity index (χ0v) is 12.1. The summed E-state index contributed by atoms with van der Waals surface area (Å²) < 4.78 is 26.8. The van der Waals surface area contributed by atoms with Crippen molar-refractivity contribution in [3.63, 3.8) is 0 Å². The third-order valence-electron chi connectivity index (χ3n) is 3.17. The number of nitrogens with one attached hydrogen (secondary N) is 1. The fourth-order valence-electron chi connectivity index (χ4n) is 1.85. The molecule has 0 fully saturated rings. The van der Waals surface area contributed by atoms with E-state index in [2.05, 4.69) is 9.88 Å². The summed E-state index contributed by atoms with van der Waals surface area (Å²) in [6.07, 6.45) is 0.455. The van der Waals surface area contributed by atoms with Gasteiger partial charge in [0.15, 0.2) is 0 Å². The standard InChI is InChI=1S/C13H18N2O3S/c1-9-4-5-13(6-10(9)2)19(16,17)14-8-12-7-11(3)15-18-12/h4-6,12,14H,7-8H2,1-3H3. The molecule has 1 unspecified atom stereocenters. The minimum atomic E-state index is -3.49. The van der Waals surface area contributed by atoms with Gasteiger partial charge in [0.05, 0.1) is 17.2 Å². The lowest BCUT2D eigenvalue weighted by molar-refractivity contribution is 0.0891. The monoisotopic (exact) mass is 282 g/mol. The van der Waals surface area contributed by atoms with E-state index >= 15 is 0 Å². The van der Waals surface area contributed by atoms with Gasteiger partial charge < -0.3 is 4.84 Å². The molecule has 0 spiro atoms. The molecule has 19 heavy (non-hydrogen) atoms. The predicted octanol–water partition coefficient (Wildman–Crippen LogP) is 1.75. The van der Waals surface area contributed by atoms with Crippen molar-refractivity contribution in [2.75, 3.05) is 6.54 Å². The highest BCUT2D eigenvalue weighted by atomic mass is 32.2. The highest BCUT2D eigenvalue weighted by molar-refractivity contribution is 7.89. The van der Waals surface area contributed by atoms with Crippen molar-refractivity contribution in [1.29, 1.82) is 0 Å². The van der Waals surface area contributed by atoms with E-state index in [1.54, 1.807) is 12.1 Å². The first-order chi connectivity index (χ1) is 8.88. The van der Waals surface area contributed by atoms with Gasteiger partial charge in [0.2, 0.25) is 10.0 Å². The lowest BCUT2D eigenvalue weighted by Crippen LogP contribution is -2.32. The molecule has 0 saturated carbocycles. The minimum Gasteiger partial charge on any atom is -0.391 e. The molecule has 104 valence electrons. The van der Waals surface area contributed by atoms with Crippen LogP contribution in [0.1, 0.15) is 24.5 Å². The molecule has 1 aromatic carbocycles. The Morgan fingerprint density at radius 1 is 1.32 bits per heavy atom. The van der Waals surface area contributed by atoms with Crippen molar-refractivity contribution >= 4 is 15.7 Å². The van der Waals surface area contributed by atoms with E-state index in [0.717, 1.165) is 16.8 Å². The molecule has 5 nitrogen and oxygen atoms in total. The maximum Gasteiger partial charge on any atom is 0.240 e. The number of sulfonamides is 1. The summed E-state index contributed by atoms with van der Waals surface area (Å²) in [7, 11) is -3.49. The lowest BCUT2D eigenvalue weighted by atomic mass is 10.1. The molecule has 1 aliphatic rings. The Morgan fingerprint density at radius 3 is 2.63 bits per heavy atom. The largest absolute Gasteiger partial charge is 0.391 e. The molecule has 1 N–H and O–H groups in total. The number of oxime groups is 1. The highest BCUT2D eigenvalue weighted by Crippen LogP contribution is 2.15. The second-order valence-electron chi connectivity index (χ2n) is 4.86. The van der Waals surface area contributed by atoms with Gasteiger partial charge in [0.25, 0.3) is 0 Å². The van der Waals surface area contributed by atoms with Crippen molar-refractivity contribution in [3.8, 4) is 0 Å². The molecule has 0 aromatic heterocycles. The summed E-state index contributed by atoms with van der Waals surface area (Å²) in [6.45, 7) is 5.94.